The molecule has 0 bridgehead atoms. The molecule has 0 amide bonds. The van der Waals surface area contributed by atoms with E-state index in [1.54, 1.807) is 0 Å². The number of carbonyl (C=O) groups is 1. The zero-order valence-corrected chi connectivity index (χ0v) is 7.82. The molecule has 2 rings (SSSR count). The Hall–Kier alpha value is -1.52. The lowest BCUT2D eigenvalue weighted by Crippen LogP contribution is -2.16. The molecule has 1 saturated carbocycles. The van der Waals surface area contributed by atoms with Crippen molar-refractivity contribution in [1.29, 1.82) is 0 Å². The maximum Gasteiger partial charge on any atom is 0.358 e. The second-order valence-electron chi connectivity index (χ2n) is 3.51. The highest BCUT2D eigenvalue weighted by Gasteiger charge is 2.22. The van der Waals surface area contributed by atoms with E-state index in [1.165, 1.54) is 6.20 Å². The molecule has 76 valence electrons. The molecule has 5 nitrogen and oxygen atoms in total. The average Bonchev–Trinajstić information content (AvgIpc) is 2.75. The van der Waals surface area contributed by atoms with E-state index in [4.69, 9.17) is 10.5 Å². The lowest BCUT2D eigenvalue weighted by Gasteiger charge is -2.09. The molecule has 1 fully saturated rings. The van der Waals surface area contributed by atoms with Crippen molar-refractivity contribution in [2.75, 3.05) is 5.73 Å². The number of ether oxygens (including phenoxy) is 1. The van der Waals surface area contributed by atoms with Gasteiger partial charge in [-0.1, -0.05) is 0 Å². The molecule has 1 aromatic rings. The van der Waals surface area contributed by atoms with Crippen LogP contribution >= 0.6 is 0 Å². The Morgan fingerprint density at radius 3 is 2.86 bits per heavy atom. The van der Waals surface area contributed by atoms with Crippen LogP contribution in [0, 0.1) is 0 Å². The Balaban J connectivity index is 1.98. The Bertz CT molecular complexity index is 329. The largest absolute Gasteiger partial charge is 0.458 e. The van der Waals surface area contributed by atoms with E-state index >= 15 is 0 Å². The second kappa shape index (κ2) is 3.69. The fourth-order valence-electron chi connectivity index (χ4n) is 1.68. The topological polar surface area (TPSA) is 81.0 Å². The van der Waals surface area contributed by atoms with E-state index in [0.29, 0.717) is 5.69 Å². The van der Waals surface area contributed by atoms with Crippen LogP contribution in [0.2, 0.25) is 0 Å². The van der Waals surface area contributed by atoms with Crippen molar-refractivity contribution in [2.24, 2.45) is 0 Å². The number of nitrogens with zero attached hydrogens (tertiary/aromatic N) is 1. The van der Waals surface area contributed by atoms with Gasteiger partial charge in [0.1, 0.15) is 6.10 Å². The first kappa shape index (κ1) is 9.05. The maximum atomic E-state index is 11.5. The lowest BCUT2D eigenvalue weighted by atomic mass is 10.3. The van der Waals surface area contributed by atoms with Gasteiger partial charge in [0.15, 0.2) is 5.69 Å². The molecule has 1 aromatic heterocycles. The van der Waals surface area contributed by atoms with E-state index < -0.39 is 5.97 Å². The summed E-state index contributed by atoms with van der Waals surface area (Å²) in [6, 6.07) is 0. The molecule has 0 atom stereocenters. The number of aromatic nitrogens is 2. The fraction of sp³-hybridized carbons (Fsp3) is 0.556. The molecular formula is C9H13N3O2. The average molecular weight is 195 g/mol. The minimum absolute atomic E-state index is 0.0604. The Kier molecular flexibility index (Phi) is 2.39. The van der Waals surface area contributed by atoms with Crippen LogP contribution in [-0.4, -0.2) is 22.3 Å². The van der Waals surface area contributed by atoms with Crippen molar-refractivity contribution >= 4 is 11.7 Å². The quantitative estimate of drug-likeness (QED) is 0.692. The van der Waals surface area contributed by atoms with Gasteiger partial charge in [0.25, 0.3) is 0 Å². The number of anilines is 1. The number of nitrogen functional groups attached to an aromatic ring is 1. The van der Waals surface area contributed by atoms with Crippen LogP contribution < -0.4 is 5.73 Å². The number of hydrogen-bond acceptors (Lipinski definition) is 4. The predicted octanol–water partition coefficient (Wildman–Crippen LogP) is 1.09. The van der Waals surface area contributed by atoms with Gasteiger partial charge in [-0.25, -0.2) is 4.79 Å². The molecule has 3 N–H and O–H groups in total. The molecule has 1 aliphatic carbocycles. The zero-order valence-electron chi connectivity index (χ0n) is 7.82. The molecule has 5 heteroatoms. The van der Waals surface area contributed by atoms with Crippen LogP contribution in [0.4, 0.5) is 5.69 Å². The number of esters is 1. The van der Waals surface area contributed by atoms with E-state index in [9.17, 15) is 4.79 Å². The van der Waals surface area contributed by atoms with Gasteiger partial charge in [-0.3, -0.25) is 5.10 Å². The summed E-state index contributed by atoms with van der Waals surface area (Å²) < 4.78 is 5.25. The van der Waals surface area contributed by atoms with Gasteiger partial charge in [-0.05, 0) is 25.7 Å². The van der Waals surface area contributed by atoms with Crippen molar-refractivity contribution in [2.45, 2.75) is 31.8 Å². The summed E-state index contributed by atoms with van der Waals surface area (Å²) >= 11 is 0. The molecule has 1 heterocycles. The van der Waals surface area contributed by atoms with Gasteiger partial charge >= 0.3 is 5.97 Å². The standard InChI is InChI=1S/C9H13N3O2/c10-7-5-11-12-8(7)9(13)14-6-3-1-2-4-6/h5-6H,1-4,10H2,(H,11,12). The highest BCUT2D eigenvalue weighted by molar-refractivity contribution is 5.92. The van der Waals surface area contributed by atoms with Gasteiger partial charge in [0.05, 0.1) is 11.9 Å². The first-order valence-electron chi connectivity index (χ1n) is 4.77. The molecular weight excluding hydrogens is 182 g/mol. The van der Waals surface area contributed by atoms with Crippen LogP contribution in [-0.2, 0) is 4.74 Å². The summed E-state index contributed by atoms with van der Waals surface area (Å²) in [5, 5.41) is 6.20. The molecule has 1 aliphatic rings. The summed E-state index contributed by atoms with van der Waals surface area (Å²) in [6.07, 6.45) is 5.66. The third-order valence-electron chi connectivity index (χ3n) is 2.45. The number of rotatable bonds is 2. The molecule has 14 heavy (non-hydrogen) atoms. The smallest absolute Gasteiger partial charge is 0.358 e. The molecule has 0 aliphatic heterocycles. The van der Waals surface area contributed by atoms with Gasteiger partial charge in [-0.15, -0.1) is 0 Å². The number of carbonyl (C=O) groups excluding carboxylic acids is 1. The number of nitrogens with one attached hydrogen (secondary N) is 1. The van der Waals surface area contributed by atoms with Crippen molar-refractivity contribution < 1.29 is 9.53 Å². The molecule has 0 saturated heterocycles. The van der Waals surface area contributed by atoms with Crippen LogP contribution in [0.1, 0.15) is 36.2 Å². The maximum absolute atomic E-state index is 11.5. The van der Waals surface area contributed by atoms with Crippen LogP contribution in [0.25, 0.3) is 0 Å². The summed E-state index contributed by atoms with van der Waals surface area (Å²) in [6.45, 7) is 0. The van der Waals surface area contributed by atoms with E-state index in [0.717, 1.165) is 25.7 Å². The van der Waals surface area contributed by atoms with Crippen molar-refractivity contribution in [3.8, 4) is 0 Å². The number of nitrogens with two attached hydrogens (primary N) is 1. The molecule has 0 spiro atoms. The highest BCUT2D eigenvalue weighted by Crippen LogP contribution is 2.22. The van der Waals surface area contributed by atoms with Gasteiger partial charge in [0, 0.05) is 0 Å². The first-order chi connectivity index (χ1) is 6.77. The lowest BCUT2D eigenvalue weighted by molar-refractivity contribution is 0.0312. The number of aromatic amines is 1. The van der Waals surface area contributed by atoms with Crippen LogP contribution in [0.5, 0.6) is 0 Å². The highest BCUT2D eigenvalue weighted by atomic mass is 16.5. The fourth-order valence-corrected chi connectivity index (χ4v) is 1.68. The normalized spacial score (nSPS) is 17.1. The number of hydrogen-bond donors (Lipinski definition) is 2. The van der Waals surface area contributed by atoms with E-state index in [2.05, 4.69) is 10.2 Å². The van der Waals surface area contributed by atoms with Crippen molar-refractivity contribution in [3.05, 3.63) is 11.9 Å². The minimum Gasteiger partial charge on any atom is -0.458 e. The van der Waals surface area contributed by atoms with Crippen molar-refractivity contribution in [3.63, 3.8) is 0 Å². The third-order valence-corrected chi connectivity index (χ3v) is 2.45. The SMILES string of the molecule is Nc1cn[nH]c1C(=O)OC1CCCC1. The minimum atomic E-state index is -0.396. The van der Waals surface area contributed by atoms with E-state index in [-0.39, 0.29) is 11.8 Å². The summed E-state index contributed by atoms with van der Waals surface area (Å²) in [7, 11) is 0. The summed E-state index contributed by atoms with van der Waals surface area (Å²) in [4.78, 5) is 11.5. The summed E-state index contributed by atoms with van der Waals surface area (Å²) in [5.41, 5.74) is 6.12. The Labute approximate surface area is 81.6 Å². The van der Waals surface area contributed by atoms with Gasteiger partial charge in [-0.2, -0.15) is 5.10 Å². The van der Waals surface area contributed by atoms with Gasteiger partial charge < -0.3 is 10.5 Å². The molecule has 0 aromatic carbocycles. The molecule has 0 unspecified atom stereocenters. The first-order valence-corrected chi connectivity index (χ1v) is 4.77. The predicted molar refractivity (Wildman–Crippen MR) is 50.7 cm³/mol. The Morgan fingerprint density at radius 1 is 1.57 bits per heavy atom. The molecule has 0 radical (unpaired) electrons. The summed E-state index contributed by atoms with van der Waals surface area (Å²) in [5.74, 6) is -0.396. The third kappa shape index (κ3) is 1.71. The van der Waals surface area contributed by atoms with E-state index in [1.807, 2.05) is 0 Å². The van der Waals surface area contributed by atoms with Crippen LogP contribution in [0.3, 0.4) is 0 Å². The number of H-pyrrole nitrogens is 1. The van der Waals surface area contributed by atoms with Crippen molar-refractivity contribution in [1.82, 2.24) is 10.2 Å². The Morgan fingerprint density at radius 2 is 2.29 bits per heavy atom. The zero-order chi connectivity index (χ0) is 9.97. The second-order valence-corrected chi connectivity index (χ2v) is 3.51. The monoisotopic (exact) mass is 195 g/mol. The van der Waals surface area contributed by atoms with Crippen LogP contribution in [0.15, 0.2) is 6.20 Å². The van der Waals surface area contributed by atoms with Gasteiger partial charge in [0.2, 0.25) is 0 Å².